The Morgan fingerprint density at radius 3 is 2.68 bits per heavy atom. The molecule has 0 radical (unpaired) electrons. The van der Waals surface area contributed by atoms with Crippen LogP contribution in [0.2, 0.25) is 35.7 Å². The van der Waals surface area contributed by atoms with Gasteiger partial charge >= 0.3 is 0 Å². The summed E-state index contributed by atoms with van der Waals surface area (Å²) in [4.78, 5) is 13.0. The highest BCUT2D eigenvalue weighted by Gasteiger charge is 2.18. The van der Waals surface area contributed by atoms with Gasteiger partial charge in [0.2, 0.25) is 0 Å². The quantitative estimate of drug-likeness (QED) is 0.351. The fraction of sp³-hybridized carbons (Fsp3) is 0.412. The molecule has 2 aromatic heterocycles. The summed E-state index contributed by atoms with van der Waals surface area (Å²) >= 11 is 15.6. The van der Waals surface area contributed by atoms with Crippen LogP contribution in [0.5, 0.6) is 0 Å². The van der Waals surface area contributed by atoms with Crippen molar-refractivity contribution in [2.24, 2.45) is 0 Å². The van der Waals surface area contributed by atoms with E-state index in [0.29, 0.717) is 37.9 Å². The molecule has 0 bridgehead atoms. The highest BCUT2D eigenvalue weighted by atomic mass is 79.9. The average molecular weight is 505 g/mol. The van der Waals surface area contributed by atoms with Crippen LogP contribution in [0.25, 0.3) is 11.0 Å². The molecule has 0 aliphatic heterocycles. The third-order valence-electron chi connectivity index (χ3n) is 4.14. The normalized spacial score (nSPS) is 12.1. The molecule has 0 atom stereocenters. The predicted octanol–water partition coefficient (Wildman–Crippen LogP) is 4.42. The second-order valence-electron chi connectivity index (χ2n) is 7.60. The first-order chi connectivity index (χ1) is 13.2. The van der Waals surface area contributed by atoms with Crippen LogP contribution in [0.1, 0.15) is 5.56 Å². The van der Waals surface area contributed by atoms with E-state index in [-0.39, 0.29) is 18.8 Å². The molecule has 0 N–H and O–H groups in total. The zero-order valence-corrected chi connectivity index (χ0v) is 19.8. The fourth-order valence-corrected chi connectivity index (χ4v) is 4.14. The minimum Gasteiger partial charge on any atom is -0.360 e. The topological polar surface area (TPSA) is 74.8 Å². The molecule has 11 heteroatoms. The maximum atomic E-state index is 13.0. The van der Waals surface area contributed by atoms with Crippen molar-refractivity contribution < 1.29 is 4.74 Å². The van der Waals surface area contributed by atoms with E-state index in [1.807, 2.05) is 0 Å². The molecule has 0 amide bonds. The SMILES string of the molecule is C[Si](C)(C)CCOCn1nc(Br)c2nnn(Cc3cccc(Cl)c3Cl)c(=O)c21. The summed E-state index contributed by atoms with van der Waals surface area (Å²) in [6, 6.07) is 6.28. The molecule has 0 fully saturated rings. The lowest BCUT2D eigenvalue weighted by Gasteiger charge is -2.15. The van der Waals surface area contributed by atoms with Gasteiger partial charge in [-0.2, -0.15) is 5.10 Å². The molecule has 3 rings (SSSR count). The molecular formula is C17H20BrCl2N5O2Si. The van der Waals surface area contributed by atoms with Crippen LogP contribution in [0, 0.1) is 0 Å². The molecule has 0 spiro atoms. The molecule has 3 aromatic rings. The lowest BCUT2D eigenvalue weighted by Crippen LogP contribution is -2.27. The summed E-state index contributed by atoms with van der Waals surface area (Å²) in [5, 5.41) is 13.3. The van der Waals surface area contributed by atoms with Crippen LogP contribution >= 0.6 is 39.1 Å². The molecular weight excluding hydrogens is 485 g/mol. The van der Waals surface area contributed by atoms with Gasteiger partial charge in [-0.25, -0.2) is 9.36 Å². The Labute approximate surface area is 181 Å². The number of hydrogen-bond acceptors (Lipinski definition) is 5. The van der Waals surface area contributed by atoms with Crippen molar-refractivity contribution in [3.63, 3.8) is 0 Å². The Bertz CT molecular complexity index is 1060. The monoisotopic (exact) mass is 503 g/mol. The second-order valence-corrected chi connectivity index (χ2v) is 14.8. The summed E-state index contributed by atoms with van der Waals surface area (Å²) in [6.07, 6.45) is 0. The van der Waals surface area contributed by atoms with E-state index in [1.165, 1.54) is 9.36 Å². The van der Waals surface area contributed by atoms with Gasteiger partial charge in [0.15, 0.2) is 15.6 Å². The predicted molar refractivity (Wildman–Crippen MR) is 117 cm³/mol. The van der Waals surface area contributed by atoms with E-state index >= 15 is 0 Å². The summed E-state index contributed by atoms with van der Waals surface area (Å²) < 4.78 is 8.95. The summed E-state index contributed by atoms with van der Waals surface area (Å²) in [7, 11) is -1.19. The zero-order chi connectivity index (χ0) is 20.5. The van der Waals surface area contributed by atoms with Gasteiger partial charge in [0.25, 0.3) is 5.56 Å². The number of benzene rings is 1. The number of fused-ring (bicyclic) bond motifs is 1. The first-order valence-electron chi connectivity index (χ1n) is 8.68. The molecule has 0 aliphatic carbocycles. The summed E-state index contributed by atoms with van der Waals surface area (Å²) in [5.74, 6) is 0. The lowest BCUT2D eigenvalue weighted by molar-refractivity contribution is 0.0812. The fourth-order valence-electron chi connectivity index (χ4n) is 2.54. The molecule has 150 valence electrons. The Kier molecular flexibility index (Phi) is 6.60. The standard InChI is InChI=1S/C17H20BrCl2N5O2Si/c1-28(2,3)8-7-27-10-25-15-14(16(18)22-25)21-23-24(17(15)26)9-11-5-4-6-12(19)13(11)20/h4-6H,7-10H2,1-3H3. The number of nitrogens with zero attached hydrogens (tertiary/aromatic N) is 5. The van der Waals surface area contributed by atoms with Crippen molar-refractivity contribution in [2.75, 3.05) is 6.61 Å². The molecule has 1 aromatic carbocycles. The Morgan fingerprint density at radius 1 is 1.21 bits per heavy atom. The highest BCUT2D eigenvalue weighted by Crippen LogP contribution is 2.26. The largest absolute Gasteiger partial charge is 0.360 e. The zero-order valence-electron chi connectivity index (χ0n) is 15.7. The minimum absolute atomic E-state index is 0.153. The van der Waals surface area contributed by atoms with E-state index in [0.717, 1.165) is 6.04 Å². The second kappa shape index (κ2) is 8.62. The molecule has 0 saturated heterocycles. The van der Waals surface area contributed by atoms with Crippen LogP contribution < -0.4 is 5.56 Å². The third-order valence-corrected chi connectivity index (χ3v) is 7.23. The first-order valence-corrected chi connectivity index (χ1v) is 13.9. The van der Waals surface area contributed by atoms with Gasteiger partial charge in [0.1, 0.15) is 6.73 Å². The first kappa shape index (κ1) is 21.4. The van der Waals surface area contributed by atoms with Gasteiger partial charge < -0.3 is 4.74 Å². The van der Waals surface area contributed by atoms with Gasteiger partial charge in [-0.3, -0.25) is 4.79 Å². The maximum absolute atomic E-state index is 13.0. The van der Waals surface area contributed by atoms with E-state index in [9.17, 15) is 4.79 Å². The minimum atomic E-state index is -1.19. The lowest BCUT2D eigenvalue weighted by atomic mass is 10.2. The molecule has 0 unspecified atom stereocenters. The van der Waals surface area contributed by atoms with Crippen molar-refractivity contribution in [1.29, 1.82) is 0 Å². The van der Waals surface area contributed by atoms with Gasteiger partial charge in [0, 0.05) is 14.7 Å². The third kappa shape index (κ3) is 4.83. The van der Waals surface area contributed by atoms with E-state index in [1.54, 1.807) is 18.2 Å². The highest BCUT2D eigenvalue weighted by molar-refractivity contribution is 9.10. The van der Waals surface area contributed by atoms with E-state index < -0.39 is 8.07 Å². The van der Waals surface area contributed by atoms with Crippen molar-refractivity contribution in [3.8, 4) is 0 Å². The smallest absolute Gasteiger partial charge is 0.296 e. The Morgan fingerprint density at radius 2 is 1.96 bits per heavy atom. The molecule has 28 heavy (non-hydrogen) atoms. The average Bonchev–Trinajstić information content (AvgIpc) is 2.94. The number of ether oxygens (including phenoxy) is 1. The molecule has 2 heterocycles. The van der Waals surface area contributed by atoms with Crippen LogP contribution in [-0.4, -0.2) is 39.5 Å². The molecule has 0 aliphatic rings. The molecule has 0 saturated carbocycles. The van der Waals surface area contributed by atoms with Gasteiger partial charge in [-0.05, 0) is 33.6 Å². The Balaban J connectivity index is 1.89. The van der Waals surface area contributed by atoms with Crippen LogP contribution in [0.4, 0.5) is 0 Å². The van der Waals surface area contributed by atoms with E-state index in [4.69, 9.17) is 27.9 Å². The van der Waals surface area contributed by atoms with Crippen LogP contribution in [0.15, 0.2) is 27.6 Å². The Hall–Kier alpha value is -1.26. The number of aromatic nitrogens is 5. The van der Waals surface area contributed by atoms with Crippen molar-refractivity contribution in [2.45, 2.75) is 39.0 Å². The van der Waals surface area contributed by atoms with Crippen molar-refractivity contribution in [3.05, 3.63) is 48.8 Å². The van der Waals surface area contributed by atoms with Gasteiger partial charge in [0.05, 0.1) is 16.6 Å². The van der Waals surface area contributed by atoms with Gasteiger partial charge in [-0.1, -0.05) is 60.2 Å². The van der Waals surface area contributed by atoms with Crippen LogP contribution in [-0.2, 0) is 18.0 Å². The molecule has 7 nitrogen and oxygen atoms in total. The number of hydrogen-bond donors (Lipinski definition) is 0. The summed E-state index contributed by atoms with van der Waals surface area (Å²) in [6.45, 7) is 7.80. The van der Waals surface area contributed by atoms with Gasteiger partial charge in [-0.15, -0.1) is 5.10 Å². The van der Waals surface area contributed by atoms with Crippen molar-refractivity contribution in [1.82, 2.24) is 24.8 Å². The van der Waals surface area contributed by atoms with E-state index in [2.05, 4.69) is 51.0 Å². The number of rotatable bonds is 7. The van der Waals surface area contributed by atoms with Crippen molar-refractivity contribution >= 4 is 58.2 Å². The maximum Gasteiger partial charge on any atom is 0.296 e. The number of halogens is 3. The summed E-state index contributed by atoms with van der Waals surface area (Å²) in [5.41, 5.74) is 1.08. The van der Waals surface area contributed by atoms with Crippen LogP contribution in [0.3, 0.4) is 0 Å².